The molecule has 0 saturated carbocycles. The van der Waals surface area contributed by atoms with E-state index in [-0.39, 0.29) is 11.3 Å². The van der Waals surface area contributed by atoms with Crippen LogP contribution in [0.3, 0.4) is 0 Å². The van der Waals surface area contributed by atoms with Crippen molar-refractivity contribution in [1.82, 2.24) is 14.8 Å². The Balaban J connectivity index is 2.63. The summed E-state index contributed by atoms with van der Waals surface area (Å²) in [7, 11) is 0. The summed E-state index contributed by atoms with van der Waals surface area (Å²) in [6.45, 7) is 1.22. The number of ether oxygens (including phenoxy) is 1. The predicted octanol–water partition coefficient (Wildman–Crippen LogP) is 3.54. The van der Waals surface area contributed by atoms with Gasteiger partial charge in [0.25, 0.3) is 6.43 Å². The average molecular weight is 353 g/mol. The second kappa shape index (κ2) is 6.49. The van der Waals surface area contributed by atoms with Gasteiger partial charge in [0.2, 0.25) is 0 Å². The van der Waals surface area contributed by atoms with E-state index in [4.69, 9.17) is 0 Å². The smallest absolute Gasteiger partial charge is 0.434 e. The molecule has 0 amide bonds. The van der Waals surface area contributed by atoms with Gasteiger partial charge in [0.15, 0.2) is 17.3 Å². The minimum Gasteiger partial charge on any atom is -0.462 e. The zero-order valence-corrected chi connectivity index (χ0v) is 11.9. The highest BCUT2D eigenvalue weighted by molar-refractivity contribution is 5.90. The first-order valence-corrected chi connectivity index (χ1v) is 6.44. The van der Waals surface area contributed by atoms with Crippen molar-refractivity contribution in [3.05, 3.63) is 41.1 Å². The van der Waals surface area contributed by atoms with E-state index in [1.54, 1.807) is 0 Å². The zero-order valence-electron chi connectivity index (χ0n) is 11.9. The van der Waals surface area contributed by atoms with E-state index >= 15 is 0 Å². The number of carbonyl (C=O) groups excluding carboxylic acids is 1. The standard InChI is InChI=1S/C13H9F6N3O2/c1-2-24-12(23)6-5-20-22(10(6)13(17,18)19)8-4-3-7(14)9(21-8)11(15)16/h3-5,11H,2H2,1H3. The number of halogens is 6. The van der Waals surface area contributed by atoms with Gasteiger partial charge in [-0.1, -0.05) is 0 Å². The van der Waals surface area contributed by atoms with Crippen LogP contribution in [0, 0.1) is 5.82 Å². The summed E-state index contributed by atoms with van der Waals surface area (Å²) in [6, 6.07) is 1.27. The van der Waals surface area contributed by atoms with E-state index in [1.807, 2.05) is 0 Å². The second-order valence-corrected chi connectivity index (χ2v) is 4.37. The van der Waals surface area contributed by atoms with Crippen LogP contribution in [0.15, 0.2) is 18.3 Å². The summed E-state index contributed by atoms with van der Waals surface area (Å²) < 4.78 is 82.9. The molecule has 0 atom stereocenters. The van der Waals surface area contributed by atoms with Gasteiger partial charge in [0.05, 0.1) is 12.8 Å². The molecule has 2 aromatic rings. The van der Waals surface area contributed by atoms with Crippen LogP contribution in [-0.4, -0.2) is 27.3 Å². The molecule has 0 aliphatic carbocycles. The maximum atomic E-state index is 13.2. The summed E-state index contributed by atoms with van der Waals surface area (Å²) in [6.07, 6.45) is -7.81. The number of esters is 1. The van der Waals surface area contributed by atoms with E-state index in [1.165, 1.54) is 6.92 Å². The zero-order chi connectivity index (χ0) is 18.1. The highest BCUT2D eigenvalue weighted by Crippen LogP contribution is 2.34. The lowest BCUT2D eigenvalue weighted by molar-refractivity contribution is -0.143. The third-order valence-electron chi connectivity index (χ3n) is 2.82. The first-order chi connectivity index (χ1) is 11.2. The predicted molar refractivity (Wildman–Crippen MR) is 67.2 cm³/mol. The Labute approximate surface area is 130 Å². The molecule has 2 heterocycles. The fraction of sp³-hybridized carbons (Fsp3) is 0.308. The van der Waals surface area contributed by atoms with Gasteiger partial charge in [-0.15, -0.1) is 0 Å². The number of rotatable bonds is 4. The van der Waals surface area contributed by atoms with Gasteiger partial charge in [-0.2, -0.15) is 18.3 Å². The van der Waals surface area contributed by atoms with Crippen molar-refractivity contribution in [2.24, 2.45) is 0 Å². The highest BCUT2D eigenvalue weighted by atomic mass is 19.4. The Bertz CT molecular complexity index is 757. The Morgan fingerprint density at radius 1 is 1.33 bits per heavy atom. The molecule has 0 saturated heterocycles. The quantitative estimate of drug-likeness (QED) is 0.623. The third-order valence-corrected chi connectivity index (χ3v) is 2.82. The molecule has 0 N–H and O–H groups in total. The number of nitrogens with zero attached hydrogens (tertiary/aromatic N) is 3. The fourth-order valence-corrected chi connectivity index (χ4v) is 1.87. The third kappa shape index (κ3) is 3.34. The highest BCUT2D eigenvalue weighted by Gasteiger charge is 2.41. The van der Waals surface area contributed by atoms with Crippen molar-refractivity contribution < 1.29 is 35.9 Å². The molecule has 2 rings (SSSR count). The molecule has 0 aromatic carbocycles. The summed E-state index contributed by atoms with van der Waals surface area (Å²) >= 11 is 0. The lowest BCUT2D eigenvalue weighted by atomic mass is 10.2. The van der Waals surface area contributed by atoms with Gasteiger partial charge in [-0.05, 0) is 19.1 Å². The van der Waals surface area contributed by atoms with Crippen LogP contribution < -0.4 is 0 Å². The number of alkyl halides is 5. The number of aromatic nitrogens is 3. The van der Waals surface area contributed by atoms with Crippen LogP contribution in [0.25, 0.3) is 5.82 Å². The molecule has 2 aromatic heterocycles. The van der Waals surface area contributed by atoms with Crippen LogP contribution in [0.4, 0.5) is 26.3 Å². The average Bonchev–Trinajstić information content (AvgIpc) is 2.92. The van der Waals surface area contributed by atoms with Gasteiger partial charge in [0.1, 0.15) is 11.3 Å². The van der Waals surface area contributed by atoms with E-state index in [2.05, 4.69) is 14.8 Å². The second-order valence-electron chi connectivity index (χ2n) is 4.37. The summed E-state index contributed by atoms with van der Waals surface area (Å²) in [5.74, 6) is -3.37. The van der Waals surface area contributed by atoms with E-state index in [9.17, 15) is 31.1 Å². The van der Waals surface area contributed by atoms with Gasteiger partial charge in [-0.25, -0.2) is 27.6 Å². The summed E-state index contributed by atoms with van der Waals surface area (Å²) in [5, 5.41) is 3.35. The van der Waals surface area contributed by atoms with Crippen molar-refractivity contribution in [3.63, 3.8) is 0 Å². The molecular weight excluding hydrogens is 344 g/mol. The summed E-state index contributed by atoms with van der Waals surface area (Å²) in [5.41, 5.74) is -3.79. The van der Waals surface area contributed by atoms with E-state index in [0.29, 0.717) is 12.3 Å². The molecule has 11 heteroatoms. The van der Waals surface area contributed by atoms with Gasteiger partial charge in [-0.3, -0.25) is 0 Å². The number of carbonyl (C=O) groups is 1. The first-order valence-electron chi connectivity index (χ1n) is 6.44. The van der Waals surface area contributed by atoms with Gasteiger partial charge < -0.3 is 4.74 Å². The maximum absolute atomic E-state index is 13.2. The van der Waals surface area contributed by atoms with Gasteiger partial charge >= 0.3 is 12.1 Å². The molecule has 0 unspecified atom stereocenters. The fourth-order valence-electron chi connectivity index (χ4n) is 1.87. The largest absolute Gasteiger partial charge is 0.462 e. The van der Waals surface area contributed by atoms with Crippen molar-refractivity contribution >= 4 is 5.97 Å². The Kier molecular flexibility index (Phi) is 4.81. The van der Waals surface area contributed by atoms with Crippen molar-refractivity contribution in [1.29, 1.82) is 0 Å². The molecule has 0 aliphatic rings. The number of pyridine rings is 1. The number of hydrogen-bond acceptors (Lipinski definition) is 4. The minimum absolute atomic E-state index is 0.136. The van der Waals surface area contributed by atoms with Crippen molar-refractivity contribution in [2.45, 2.75) is 19.5 Å². The van der Waals surface area contributed by atoms with Gasteiger partial charge in [0, 0.05) is 0 Å². The Morgan fingerprint density at radius 3 is 2.54 bits per heavy atom. The Hall–Kier alpha value is -2.59. The van der Waals surface area contributed by atoms with Crippen LogP contribution in [0.2, 0.25) is 0 Å². The summed E-state index contributed by atoms with van der Waals surface area (Å²) in [4.78, 5) is 14.8. The van der Waals surface area contributed by atoms with Crippen LogP contribution in [-0.2, 0) is 10.9 Å². The topological polar surface area (TPSA) is 57.0 Å². The molecule has 0 spiro atoms. The maximum Gasteiger partial charge on any atom is 0.434 e. The van der Waals surface area contributed by atoms with Crippen LogP contribution >= 0.6 is 0 Å². The minimum atomic E-state index is -5.06. The monoisotopic (exact) mass is 353 g/mol. The molecular formula is C13H9F6N3O2. The van der Waals surface area contributed by atoms with Crippen LogP contribution in [0.5, 0.6) is 0 Å². The van der Waals surface area contributed by atoms with E-state index < -0.39 is 47.2 Å². The SMILES string of the molecule is CCOC(=O)c1cnn(-c2ccc(F)c(C(F)F)n2)c1C(F)(F)F. The Morgan fingerprint density at radius 2 is 2.00 bits per heavy atom. The molecule has 0 bridgehead atoms. The lowest BCUT2D eigenvalue weighted by Crippen LogP contribution is -2.19. The van der Waals surface area contributed by atoms with E-state index in [0.717, 1.165) is 6.07 Å². The number of hydrogen-bond donors (Lipinski definition) is 0. The molecule has 0 aliphatic heterocycles. The normalized spacial score (nSPS) is 11.8. The molecule has 0 fully saturated rings. The lowest BCUT2D eigenvalue weighted by Gasteiger charge is -2.12. The molecule has 5 nitrogen and oxygen atoms in total. The molecule has 0 radical (unpaired) electrons. The van der Waals surface area contributed by atoms with Crippen molar-refractivity contribution in [3.8, 4) is 5.82 Å². The molecule has 130 valence electrons. The first kappa shape index (κ1) is 17.8. The van der Waals surface area contributed by atoms with Crippen LogP contribution in [0.1, 0.15) is 35.1 Å². The molecule has 24 heavy (non-hydrogen) atoms. The van der Waals surface area contributed by atoms with Crippen molar-refractivity contribution in [2.75, 3.05) is 6.61 Å².